The third kappa shape index (κ3) is 4.12. The van der Waals surface area contributed by atoms with Gasteiger partial charge in [0.1, 0.15) is 10.7 Å². The summed E-state index contributed by atoms with van der Waals surface area (Å²) in [5, 5.41) is 3.67. The number of carbonyl (C=O) groups is 1. The number of rotatable bonds is 5. The molecule has 1 aromatic carbocycles. The third-order valence-corrected chi connectivity index (χ3v) is 7.87. The predicted molar refractivity (Wildman–Crippen MR) is 121 cm³/mol. The van der Waals surface area contributed by atoms with Gasteiger partial charge in [-0.25, -0.2) is 4.98 Å². The molecule has 0 aliphatic heterocycles. The number of hydrogen-bond acceptors (Lipinski definition) is 5. The normalized spacial score (nSPS) is 17.1. The van der Waals surface area contributed by atoms with Crippen LogP contribution < -0.4 is 10.9 Å². The van der Waals surface area contributed by atoms with Crippen molar-refractivity contribution in [3.8, 4) is 0 Å². The van der Waals surface area contributed by atoms with Crippen molar-refractivity contribution in [2.45, 2.75) is 57.1 Å². The summed E-state index contributed by atoms with van der Waals surface area (Å²) >= 11 is 3.04. The second kappa shape index (κ2) is 8.32. The zero-order chi connectivity index (χ0) is 20.5. The number of nitrogens with one attached hydrogen (secondary N) is 2. The van der Waals surface area contributed by atoms with Crippen molar-refractivity contribution in [3.63, 3.8) is 0 Å². The van der Waals surface area contributed by atoms with E-state index in [1.807, 2.05) is 26.8 Å². The SMILES string of the molecule is Cc1sc2nc(CS[C@H](C)C(=O)N[C@H]3CCCc4ccccc43)[nH]c(=O)c2c1C. The number of nitrogens with zero attached hydrogens (tertiary/aromatic N) is 1. The van der Waals surface area contributed by atoms with E-state index < -0.39 is 0 Å². The smallest absolute Gasteiger partial charge is 0.259 e. The maximum Gasteiger partial charge on any atom is 0.259 e. The van der Waals surface area contributed by atoms with Crippen LogP contribution in [-0.2, 0) is 17.0 Å². The lowest BCUT2D eigenvalue weighted by atomic mass is 9.88. The number of thioether (sulfide) groups is 1. The molecule has 0 radical (unpaired) electrons. The highest BCUT2D eigenvalue weighted by Crippen LogP contribution is 2.30. The van der Waals surface area contributed by atoms with Gasteiger partial charge in [0.25, 0.3) is 5.56 Å². The highest BCUT2D eigenvalue weighted by Gasteiger charge is 2.24. The molecule has 0 bridgehead atoms. The summed E-state index contributed by atoms with van der Waals surface area (Å²) in [5.74, 6) is 1.15. The monoisotopic (exact) mass is 427 g/mol. The second-order valence-corrected chi connectivity index (χ2v) is 10.1. The van der Waals surface area contributed by atoms with Crippen molar-refractivity contribution in [1.29, 1.82) is 0 Å². The molecule has 29 heavy (non-hydrogen) atoms. The maximum atomic E-state index is 12.7. The number of H-pyrrole nitrogens is 1. The van der Waals surface area contributed by atoms with E-state index in [1.165, 1.54) is 22.9 Å². The van der Waals surface area contributed by atoms with E-state index in [-0.39, 0.29) is 22.8 Å². The molecule has 152 valence electrons. The van der Waals surface area contributed by atoms with Gasteiger partial charge in [-0.05, 0) is 56.7 Å². The average Bonchev–Trinajstić information content (AvgIpc) is 3.00. The van der Waals surface area contributed by atoms with Gasteiger partial charge < -0.3 is 10.3 Å². The van der Waals surface area contributed by atoms with Gasteiger partial charge in [0.15, 0.2) is 0 Å². The number of thiophene rings is 1. The number of aryl methyl sites for hydroxylation is 3. The topological polar surface area (TPSA) is 74.8 Å². The molecule has 0 saturated heterocycles. The Balaban J connectivity index is 1.41. The number of fused-ring (bicyclic) bond motifs is 2. The molecule has 0 spiro atoms. The second-order valence-electron chi connectivity index (χ2n) is 7.58. The lowest BCUT2D eigenvalue weighted by Gasteiger charge is -2.27. The molecule has 1 amide bonds. The van der Waals surface area contributed by atoms with Crippen molar-refractivity contribution >= 4 is 39.2 Å². The molecule has 0 fully saturated rings. The van der Waals surface area contributed by atoms with Gasteiger partial charge in [-0.2, -0.15) is 0 Å². The zero-order valence-electron chi connectivity index (χ0n) is 16.9. The number of hydrogen-bond donors (Lipinski definition) is 2. The van der Waals surface area contributed by atoms with Gasteiger partial charge in [-0.3, -0.25) is 9.59 Å². The highest BCUT2D eigenvalue weighted by atomic mass is 32.2. The van der Waals surface area contributed by atoms with Crippen LogP contribution in [0.3, 0.4) is 0 Å². The van der Waals surface area contributed by atoms with E-state index >= 15 is 0 Å². The van der Waals surface area contributed by atoms with Gasteiger partial charge >= 0.3 is 0 Å². The molecular weight excluding hydrogens is 402 g/mol. The van der Waals surface area contributed by atoms with E-state index in [0.29, 0.717) is 17.0 Å². The molecule has 7 heteroatoms. The molecule has 3 aromatic rings. The van der Waals surface area contributed by atoms with Gasteiger partial charge in [0, 0.05) is 4.88 Å². The van der Waals surface area contributed by atoms with Crippen LogP contribution in [0, 0.1) is 13.8 Å². The summed E-state index contributed by atoms with van der Waals surface area (Å²) < 4.78 is 0. The predicted octanol–water partition coefficient (Wildman–Crippen LogP) is 4.42. The minimum Gasteiger partial charge on any atom is -0.348 e. The van der Waals surface area contributed by atoms with E-state index in [4.69, 9.17) is 0 Å². The Morgan fingerprint density at radius 1 is 1.38 bits per heavy atom. The fourth-order valence-electron chi connectivity index (χ4n) is 3.84. The van der Waals surface area contributed by atoms with E-state index in [1.54, 1.807) is 11.3 Å². The Kier molecular flexibility index (Phi) is 5.79. The number of carbonyl (C=O) groups excluding carboxylic acids is 1. The molecular formula is C22H25N3O2S2. The summed E-state index contributed by atoms with van der Waals surface area (Å²) in [6, 6.07) is 8.45. The van der Waals surface area contributed by atoms with Gasteiger partial charge in [0.2, 0.25) is 5.91 Å². The molecule has 1 aliphatic carbocycles. The Hall–Kier alpha value is -2.12. The Morgan fingerprint density at radius 3 is 3.00 bits per heavy atom. The summed E-state index contributed by atoms with van der Waals surface area (Å²) in [6.07, 6.45) is 3.15. The first-order valence-corrected chi connectivity index (χ1v) is 11.8. The van der Waals surface area contributed by atoms with Crippen LogP contribution in [0.15, 0.2) is 29.1 Å². The van der Waals surface area contributed by atoms with Crippen LogP contribution in [-0.4, -0.2) is 21.1 Å². The Labute approximate surface area is 178 Å². The van der Waals surface area contributed by atoms with E-state index in [2.05, 4.69) is 33.5 Å². The zero-order valence-corrected chi connectivity index (χ0v) is 18.5. The molecule has 2 aromatic heterocycles. The molecule has 1 aliphatic rings. The van der Waals surface area contributed by atoms with Crippen molar-refractivity contribution < 1.29 is 4.79 Å². The molecule has 2 N–H and O–H groups in total. The van der Waals surface area contributed by atoms with E-state index in [9.17, 15) is 9.59 Å². The van der Waals surface area contributed by atoms with Crippen LogP contribution >= 0.6 is 23.1 Å². The molecule has 2 atom stereocenters. The van der Waals surface area contributed by atoms with Crippen molar-refractivity contribution in [2.75, 3.05) is 0 Å². The summed E-state index contributed by atoms with van der Waals surface area (Å²) in [7, 11) is 0. The van der Waals surface area contributed by atoms with Crippen LogP contribution in [0.1, 0.15) is 53.2 Å². The van der Waals surface area contributed by atoms with Gasteiger partial charge in [0.05, 0.1) is 22.4 Å². The van der Waals surface area contributed by atoms with Gasteiger partial charge in [-0.1, -0.05) is 24.3 Å². The standard InChI is InChI=1S/C22H25N3O2S2/c1-12-13(2)29-22-19(12)21(27)24-18(25-22)11-28-14(3)20(26)23-17-10-6-8-15-7-4-5-9-16(15)17/h4-5,7,9,14,17H,6,8,10-11H2,1-3H3,(H,23,26)(H,24,25,27)/t14-,17+/m1/s1. The molecule has 2 heterocycles. The number of benzene rings is 1. The van der Waals surface area contributed by atoms with E-state index in [0.717, 1.165) is 34.5 Å². The quantitative estimate of drug-likeness (QED) is 0.632. The first-order valence-electron chi connectivity index (χ1n) is 9.92. The highest BCUT2D eigenvalue weighted by molar-refractivity contribution is 7.99. The molecule has 5 nitrogen and oxygen atoms in total. The number of aromatic amines is 1. The third-order valence-electron chi connectivity index (χ3n) is 5.61. The Morgan fingerprint density at radius 2 is 2.17 bits per heavy atom. The number of aromatic nitrogens is 2. The largest absolute Gasteiger partial charge is 0.348 e. The van der Waals surface area contributed by atoms with Crippen LogP contribution in [0.4, 0.5) is 0 Å². The molecule has 0 unspecified atom stereocenters. The van der Waals surface area contributed by atoms with Crippen LogP contribution in [0.2, 0.25) is 0 Å². The molecule has 4 rings (SSSR count). The summed E-state index contributed by atoms with van der Waals surface area (Å²) in [5.41, 5.74) is 3.48. The number of amides is 1. The summed E-state index contributed by atoms with van der Waals surface area (Å²) in [6.45, 7) is 5.87. The first kappa shape index (κ1) is 20.2. The minimum absolute atomic E-state index is 0.0305. The molecule has 0 saturated carbocycles. The fourth-order valence-corrected chi connectivity index (χ4v) is 5.65. The van der Waals surface area contributed by atoms with Gasteiger partial charge in [-0.15, -0.1) is 23.1 Å². The van der Waals surface area contributed by atoms with Crippen molar-refractivity contribution in [2.24, 2.45) is 0 Å². The van der Waals surface area contributed by atoms with Crippen molar-refractivity contribution in [3.05, 3.63) is 62.0 Å². The van der Waals surface area contributed by atoms with Crippen LogP contribution in [0.5, 0.6) is 0 Å². The Bertz CT molecular complexity index is 1120. The van der Waals surface area contributed by atoms with Crippen LogP contribution in [0.25, 0.3) is 10.2 Å². The summed E-state index contributed by atoms with van der Waals surface area (Å²) in [4.78, 5) is 34.5. The van der Waals surface area contributed by atoms with Crippen molar-refractivity contribution in [1.82, 2.24) is 15.3 Å². The maximum absolute atomic E-state index is 12.7. The minimum atomic E-state index is -0.225. The first-order chi connectivity index (χ1) is 13.9. The average molecular weight is 428 g/mol. The fraction of sp³-hybridized carbons (Fsp3) is 0.409. The lowest BCUT2D eigenvalue weighted by Crippen LogP contribution is -2.36. The lowest BCUT2D eigenvalue weighted by molar-refractivity contribution is -0.121.